The van der Waals surface area contributed by atoms with Gasteiger partial charge < -0.3 is 15.8 Å². The zero-order chi connectivity index (χ0) is 11.1. The van der Waals surface area contributed by atoms with Crippen molar-refractivity contribution in [3.05, 3.63) is 24.0 Å². The first-order valence-corrected chi connectivity index (χ1v) is 5.08. The van der Waals surface area contributed by atoms with Gasteiger partial charge in [0.2, 0.25) is 0 Å². The molecule has 1 aromatic rings. The molecular weight excluding hydrogens is 195 g/mol. The Morgan fingerprint density at radius 1 is 1.40 bits per heavy atom. The molecule has 0 radical (unpaired) electrons. The number of hydrogen-bond donors (Lipinski definition) is 2. The van der Waals surface area contributed by atoms with E-state index < -0.39 is 0 Å². The van der Waals surface area contributed by atoms with Crippen molar-refractivity contribution in [2.75, 3.05) is 25.6 Å². The highest BCUT2D eigenvalue weighted by molar-refractivity contribution is 5.60. The first-order chi connectivity index (χ1) is 7.24. The highest BCUT2D eigenvalue weighted by Crippen LogP contribution is 2.17. The van der Waals surface area contributed by atoms with Crippen LogP contribution in [0, 0.1) is 5.82 Å². The van der Waals surface area contributed by atoms with E-state index in [1.807, 2.05) is 0 Å². The normalized spacial score (nSPS) is 10.3. The molecular formula is C11H18FN2O+. The maximum absolute atomic E-state index is 12.9. The molecule has 15 heavy (non-hydrogen) atoms. The van der Waals surface area contributed by atoms with Crippen LogP contribution in [0.3, 0.4) is 0 Å². The van der Waals surface area contributed by atoms with Crippen molar-refractivity contribution in [3.8, 4) is 0 Å². The third-order valence-corrected chi connectivity index (χ3v) is 2.16. The summed E-state index contributed by atoms with van der Waals surface area (Å²) in [5.41, 5.74) is 5.42. The lowest BCUT2D eigenvalue weighted by Crippen LogP contribution is -2.41. The standard InChI is InChI=1S/C11H17FN2O/c1-15-7-3-2-6-14-11-8-9(12)4-5-10(11)13/h4-5,8,14H,2-3,6-7,13H2,1H3/p+1. The summed E-state index contributed by atoms with van der Waals surface area (Å²) in [6.07, 6.45) is 2.01. The number of unbranched alkanes of at least 4 members (excludes halogenated alkanes) is 1. The predicted molar refractivity (Wildman–Crippen MR) is 58.5 cm³/mol. The Hall–Kier alpha value is -1.13. The lowest BCUT2D eigenvalue weighted by atomic mass is 10.2. The molecule has 0 aromatic heterocycles. The van der Waals surface area contributed by atoms with E-state index in [1.54, 1.807) is 13.2 Å². The van der Waals surface area contributed by atoms with E-state index in [0.717, 1.165) is 37.4 Å². The summed E-state index contributed by atoms with van der Waals surface area (Å²) in [7, 11) is 1.69. The summed E-state index contributed by atoms with van der Waals surface area (Å²) in [4.78, 5) is 0. The topological polar surface area (TPSA) is 48.9 Å². The van der Waals surface area contributed by atoms with Gasteiger partial charge in [0.05, 0.1) is 5.69 Å². The minimum Gasteiger partial charge on any atom is -0.385 e. The fraction of sp³-hybridized carbons (Fsp3) is 0.455. The van der Waals surface area contributed by atoms with Crippen LogP contribution in [0.2, 0.25) is 0 Å². The van der Waals surface area contributed by atoms with E-state index in [9.17, 15) is 4.39 Å². The molecule has 0 spiro atoms. The Labute approximate surface area is 89.4 Å². The second-order valence-electron chi connectivity index (χ2n) is 3.43. The lowest BCUT2D eigenvalue weighted by Gasteiger charge is -2.06. The molecule has 4 N–H and O–H groups in total. The van der Waals surface area contributed by atoms with Crippen LogP contribution in [0.4, 0.5) is 15.8 Å². The van der Waals surface area contributed by atoms with Gasteiger partial charge in [-0.3, -0.25) is 0 Å². The quantitative estimate of drug-likeness (QED) is 0.704. The number of benzene rings is 1. The SMILES string of the molecule is COCCCCNc1cc(F)ccc1[NH3+]. The van der Waals surface area contributed by atoms with Crippen molar-refractivity contribution in [3.63, 3.8) is 0 Å². The fourth-order valence-electron chi connectivity index (χ4n) is 1.31. The molecule has 1 rings (SSSR count). The van der Waals surface area contributed by atoms with Crippen molar-refractivity contribution in [1.82, 2.24) is 0 Å². The average molecular weight is 213 g/mol. The van der Waals surface area contributed by atoms with E-state index in [-0.39, 0.29) is 5.82 Å². The van der Waals surface area contributed by atoms with E-state index in [4.69, 9.17) is 4.74 Å². The Morgan fingerprint density at radius 3 is 2.93 bits per heavy atom. The molecule has 0 fully saturated rings. The molecule has 84 valence electrons. The van der Waals surface area contributed by atoms with Crippen LogP contribution in [-0.4, -0.2) is 20.3 Å². The summed E-state index contributed by atoms with van der Waals surface area (Å²) >= 11 is 0. The third kappa shape index (κ3) is 4.27. The van der Waals surface area contributed by atoms with Crippen molar-refractivity contribution in [2.45, 2.75) is 12.8 Å². The molecule has 4 heteroatoms. The maximum Gasteiger partial charge on any atom is 0.151 e. The summed E-state index contributed by atoms with van der Waals surface area (Å²) in [6, 6.07) is 4.56. The van der Waals surface area contributed by atoms with E-state index in [0.29, 0.717) is 0 Å². The molecule has 0 heterocycles. The number of methoxy groups -OCH3 is 1. The molecule has 0 aliphatic rings. The van der Waals surface area contributed by atoms with Gasteiger partial charge in [0.25, 0.3) is 0 Å². The first-order valence-electron chi connectivity index (χ1n) is 5.08. The van der Waals surface area contributed by atoms with Crippen LogP contribution < -0.4 is 11.1 Å². The summed E-state index contributed by atoms with van der Waals surface area (Å²) in [6.45, 7) is 1.58. The fourth-order valence-corrected chi connectivity index (χ4v) is 1.31. The smallest absolute Gasteiger partial charge is 0.151 e. The monoisotopic (exact) mass is 213 g/mol. The van der Waals surface area contributed by atoms with Gasteiger partial charge in [-0.1, -0.05) is 0 Å². The first kappa shape index (κ1) is 11.9. The molecule has 3 nitrogen and oxygen atoms in total. The minimum absolute atomic E-state index is 0.234. The molecule has 0 unspecified atom stereocenters. The molecule has 0 atom stereocenters. The number of ether oxygens (including phenoxy) is 1. The summed E-state index contributed by atoms with van der Waals surface area (Å²) < 4.78 is 17.8. The van der Waals surface area contributed by atoms with Gasteiger partial charge in [0, 0.05) is 32.4 Å². The zero-order valence-electron chi connectivity index (χ0n) is 9.05. The molecule has 0 saturated carbocycles. The van der Waals surface area contributed by atoms with Crippen molar-refractivity contribution >= 4 is 11.4 Å². The molecule has 0 amide bonds. The van der Waals surface area contributed by atoms with Crippen molar-refractivity contribution in [1.29, 1.82) is 0 Å². The van der Waals surface area contributed by atoms with Gasteiger partial charge in [0.1, 0.15) is 5.82 Å². The molecule has 0 bridgehead atoms. The van der Waals surface area contributed by atoms with Gasteiger partial charge >= 0.3 is 0 Å². The highest BCUT2D eigenvalue weighted by atomic mass is 19.1. The van der Waals surface area contributed by atoms with Gasteiger partial charge in [0.15, 0.2) is 5.69 Å². The number of nitrogens with one attached hydrogen (secondary N) is 1. The number of hydrogen-bond acceptors (Lipinski definition) is 2. The molecule has 0 saturated heterocycles. The highest BCUT2D eigenvalue weighted by Gasteiger charge is 2.02. The third-order valence-electron chi connectivity index (χ3n) is 2.16. The lowest BCUT2D eigenvalue weighted by molar-refractivity contribution is -0.253. The van der Waals surface area contributed by atoms with Gasteiger partial charge in [-0.15, -0.1) is 0 Å². The largest absolute Gasteiger partial charge is 0.385 e. The van der Waals surface area contributed by atoms with E-state index in [1.165, 1.54) is 12.1 Å². The number of quaternary nitrogens is 1. The van der Waals surface area contributed by atoms with Gasteiger partial charge in [-0.05, 0) is 18.9 Å². The Balaban J connectivity index is 2.33. The summed E-state index contributed by atoms with van der Waals surface area (Å²) in [5, 5.41) is 3.15. The minimum atomic E-state index is -0.234. The van der Waals surface area contributed by atoms with Crippen LogP contribution >= 0.6 is 0 Å². The van der Waals surface area contributed by atoms with Crippen LogP contribution in [-0.2, 0) is 4.74 Å². The van der Waals surface area contributed by atoms with Crippen molar-refractivity contribution in [2.24, 2.45) is 0 Å². The Morgan fingerprint density at radius 2 is 2.20 bits per heavy atom. The second kappa shape index (κ2) is 6.37. The van der Waals surface area contributed by atoms with Crippen LogP contribution in [0.15, 0.2) is 18.2 Å². The number of anilines is 1. The number of halogens is 1. The van der Waals surface area contributed by atoms with Crippen LogP contribution in [0.1, 0.15) is 12.8 Å². The van der Waals surface area contributed by atoms with E-state index in [2.05, 4.69) is 11.1 Å². The molecule has 0 aliphatic carbocycles. The van der Waals surface area contributed by atoms with Crippen LogP contribution in [0.25, 0.3) is 0 Å². The zero-order valence-corrected chi connectivity index (χ0v) is 9.05. The number of rotatable bonds is 6. The van der Waals surface area contributed by atoms with Crippen LogP contribution in [0.5, 0.6) is 0 Å². The predicted octanol–water partition coefficient (Wildman–Crippen LogP) is 1.54. The van der Waals surface area contributed by atoms with Gasteiger partial charge in [-0.25, -0.2) is 4.39 Å². The van der Waals surface area contributed by atoms with Crippen molar-refractivity contribution < 1.29 is 14.9 Å². The maximum atomic E-state index is 12.9. The van der Waals surface area contributed by atoms with Gasteiger partial charge in [-0.2, -0.15) is 0 Å². The van der Waals surface area contributed by atoms with E-state index >= 15 is 0 Å². The Bertz CT molecular complexity index is 305. The average Bonchev–Trinajstić information content (AvgIpc) is 2.23. The molecule has 1 aromatic carbocycles. The summed E-state index contributed by atoms with van der Waals surface area (Å²) in [5.74, 6) is -0.234. The second-order valence-corrected chi connectivity index (χ2v) is 3.43. The molecule has 0 aliphatic heterocycles. The Kier molecular flexibility index (Phi) is 5.07.